The van der Waals surface area contributed by atoms with Crippen molar-refractivity contribution in [3.63, 3.8) is 0 Å². The highest BCUT2D eigenvalue weighted by atomic mass is 16.2. The Morgan fingerprint density at radius 1 is 1.04 bits per heavy atom. The number of benzene rings is 2. The van der Waals surface area contributed by atoms with E-state index in [9.17, 15) is 9.59 Å². The highest BCUT2D eigenvalue weighted by Gasteiger charge is 2.11. The van der Waals surface area contributed by atoms with E-state index in [1.165, 1.54) is 0 Å². The molecule has 0 aliphatic rings. The molecule has 0 aliphatic carbocycles. The number of amides is 2. The molecule has 25 heavy (non-hydrogen) atoms. The van der Waals surface area contributed by atoms with Crippen LogP contribution in [0.3, 0.4) is 0 Å². The Kier molecular flexibility index (Phi) is 4.79. The summed E-state index contributed by atoms with van der Waals surface area (Å²) < 4.78 is 0. The monoisotopic (exact) mass is 336 g/mol. The Morgan fingerprint density at radius 3 is 2.40 bits per heavy atom. The first-order valence-electron chi connectivity index (χ1n) is 8.16. The van der Waals surface area contributed by atoms with Gasteiger partial charge in [-0.1, -0.05) is 26.0 Å². The summed E-state index contributed by atoms with van der Waals surface area (Å²) in [6.07, 6.45) is 2.16. The van der Waals surface area contributed by atoms with Crippen molar-refractivity contribution >= 4 is 34.1 Å². The van der Waals surface area contributed by atoms with Crippen LogP contribution in [0.4, 0.5) is 11.4 Å². The fourth-order valence-electron chi connectivity index (χ4n) is 2.58. The second kappa shape index (κ2) is 7.17. The minimum Gasteiger partial charge on any atom is -0.326 e. The van der Waals surface area contributed by atoms with Crippen LogP contribution in [0.25, 0.3) is 10.9 Å². The van der Waals surface area contributed by atoms with Crippen molar-refractivity contribution in [2.75, 3.05) is 10.6 Å². The van der Waals surface area contributed by atoms with Crippen LogP contribution >= 0.6 is 0 Å². The molecule has 3 aromatic rings. The average molecular weight is 336 g/mol. The lowest BCUT2D eigenvalue weighted by atomic mass is 10.1. The zero-order valence-electron chi connectivity index (χ0n) is 14.2. The van der Waals surface area contributed by atoms with E-state index in [0.717, 1.165) is 5.39 Å². The Labute approximate surface area is 145 Å². The number of hydrogen-bond acceptors (Lipinski definition) is 3. The number of nitrogens with zero attached hydrogens (tertiary/aromatic N) is 1. The number of carbonyl (C=O) groups excluding carboxylic acids is 2. The predicted octanol–water partition coefficient (Wildman–Crippen LogP) is 3.80. The number of carbonyl (C=O) groups is 2. The molecular formula is C19H20N4O2. The molecule has 0 spiro atoms. The van der Waals surface area contributed by atoms with Crippen LogP contribution < -0.4 is 10.6 Å². The third-order valence-corrected chi connectivity index (χ3v) is 3.74. The summed E-state index contributed by atoms with van der Waals surface area (Å²) in [5, 5.41) is 13.4. The normalized spacial score (nSPS) is 10.8. The molecule has 0 atom stereocenters. The van der Waals surface area contributed by atoms with Crippen molar-refractivity contribution in [2.45, 2.75) is 20.3 Å². The highest BCUT2D eigenvalue weighted by Crippen LogP contribution is 2.19. The summed E-state index contributed by atoms with van der Waals surface area (Å²) >= 11 is 0. The van der Waals surface area contributed by atoms with E-state index in [4.69, 9.17) is 0 Å². The fourth-order valence-corrected chi connectivity index (χ4v) is 2.58. The summed E-state index contributed by atoms with van der Waals surface area (Å²) in [6, 6.07) is 12.5. The number of para-hydroxylation sites is 1. The first-order valence-corrected chi connectivity index (χ1v) is 8.16. The molecule has 0 radical (unpaired) electrons. The largest absolute Gasteiger partial charge is 0.326 e. The molecule has 0 saturated heterocycles. The Balaban J connectivity index is 1.68. The molecule has 0 unspecified atom stereocenters. The van der Waals surface area contributed by atoms with E-state index >= 15 is 0 Å². The van der Waals surface area contributed by atoms with E-state index in [0.29, 0.717) is 34.8 Å². The molecule has 6 nitrogen and oxygen atoms in total. The maximum atomic E-state index is 12.5. The van der Waals surface area contributed by atoms with Crippen molar-refractivity contribution in [2.24, 2.45) is 5.92 Å². The van der Waals surface area contributed by atoms with Crippen LogP contribution in [-0.4, -0.2) is 22.0 Å². The van der Waals surface area contributed by atoms with Gasteiger partial charge < -0.3 is 10.6 Å². The molecule has 3 N–H and O–H groups in total. The van der Waals surface area contributed by atoms with E-state index < -0.39 is 0 Å². The number of fused-ring (bicyclic) bond motifs is 1. The van der Waals surface area contributed by atoms with Crippen LogP contribution in [0.15, 0.2) is 48.7 Å². The van der Waals surface area contributed by atoms with Gasteiger partial charge in [-0.2, -0.15) is 5.10 Å². The second-order valence-electron chi connectivity index (χ2n) is 6.32. The number of rotatable bonds is 5. The van der Waals surface area contributed by atoms with Crippen molar-refractivity contribution in [3.8, 4) is 0 Å². The standard InChI is InChI=1S/C19H20N4O2/c1-12(2)10-17(24)21-14-6-8-15(9-7-14)22-19(25)16-5-3-4-13-11-20-23-18(13)16/h3-9,11-12H,10H2,1-2H3,(H,20,23)(H,21,24)(H,22,25). The molecule has 0 aliphatic heterocycles. The highest BCUT2D eigenvalue weighted by molar-refractivity contribution is 6.11. The summed E-state index contributed by atoms with van der Waals surface area (Å²) in [4.78, 5) is 24.3. The van der Waals surface area contributed by atoms with E-state index in [2.05, 4.69) is 20.8 Å². The number of hydrogen-bond donors (Lipinski definition) is 3. The van der Waals surface area contributed by atoms with Crippen molar-refractivity contribution in [1.29, 1.82) is 0 Å². The van der Waals surface area contributed by atoms with Gasteiger partial charge >= 0.3 is 0 Å². The first kappa shape index (κ1) is 16.7. The topological polar surface area (TPSA) is 86.9 Å². The van der Waals surface area contributed by atoms with Gasteiger partial charge in [0.05, 0.1) is 17.3 Å². The zero-order chi connectivity index (χ0) is 17.8. The third-order valence-electron chi connectivity index (χ3n) is 3.74. The molecule has 1 heterocycles. The van der Waals surface area contributed by atoms with E-state index in [1.54, 1.807) is 36.5 Å². The number of nitrogens with one attached hydrogen (secondary N) is 3. The van der Waals surface area contributed by atoms with Gasteiger partial charge in [-0.15, -0.1) is 0 Å². The third kappa shape index (κ3) is 4.03. The summed E-state index contributed by atoms with van der Waals surface area (Å²) in [7, 11) is 0. The molecule has 0 bridgehead atoms. The van der Waals surface area contributed by atoms with Crippen molar-refractivity contribution in [3.05, 3.63) is 54.2 Å². The number of anilines is 2. The van der Waals surface area contributed by atoms with Crippen molar-refractivity contribution in [1.82, 2.24) is 10.2 Å². The molecule has 0 fully saturated rings. The number of aromatic amines is 1. The predicted molar refractivity (Wildman–Crippen MR) is 98.6 cm³/mol. The lowest BCUT2D eigenvalue weighted by Gasteiger charge is -2.09. The molecule has 6 heteroatoms. The van der Waals surface area contributed by atoms with Gasteiger partial charge in [-0.3, -0.25) is 14.7 Å². The van der Waals surface area contributed by atoms with Crippen LogP contribution in [0.2, 0.25) is 0 Å². The van der Waals surface area contributed by atoms with Gasteiger partial charge in [0.25, 0.3) is 5.91 Å². The van der Waals surface area contributed by atoms with E-state index in [-0.39, 0.29) is 11.8 Å². The summed E-state index contributed by atoms with van der Waals surface area (Å²) in [5.74, 6) is 0.0768. The molecule has 0 saturated carbocycles. The van der Waals surface area contributed by atoms with Crippen LogP contribution in [0.1, 0.15) is 30.6 Å². The Morgan fingerprint density at radius 2 is 1.72 bits per heavy atom. The fraction of sp³-hybridized carbons (Fsp3) is 0.211. The quantitative estimate of drug-likeness (QED) is 0.662. The first-order chi connectivity index (χ1) is 12.0. The number of aromatic nitrogens is 2. The summed E-state index contributed by atoms with van der Waals surface area (Å²) in [5.41, 5.74) is 2.60. The molecule has 1 aromatic heterocycles. The minimum absolute atomic E-state index is 0.0160. The SMILES string of the molecule is CC(C)CC(=O)Nc1ccc(NC(=O)c2cccc3cn[nH]c23)cc1. The molecule has 128 valence electrons. The Bertz CT molecular complexity index is 897. The maximum absolute atomic E-state index is 12.5. The van der Waals surface area contributed by atoms with Gasteiger partial charge in [0.15, 0.2) is 0 Å². The van der Waals surface area contributed by atoms with Crippen LogP contribution in [0.5, 0.6) is 0 Å². The molecule has 2 aromatic carbocycles. The lowest BCUT2D eigenvalue weighted by molar-refractivity contribution is -0.116. The lowest BCUT2D eigenvalue weighted by Crippen LogP contribution is -2.14. The van der Waals surface area contributed by atoms with Gasteiger partial charge in [0.2, 0.25) is 5.91 Å². The smallest absolute Gasteiger partial charge is 0.257 e. The average Bonchev–Trinajstić information content (AvgIpc) is 3.04. The van der Waals surface area contributed by atoms with Gasteiger partial charge in [-0.05, 0) is 36.2 Å². The summed E-state index contributed by atoms with van der Waals surface area (Å²) in [6.45, 7) is 4.00. The molecule has 3 rings (SSSR count). The van der Waals surface area contributed by atoms with Crippen LogP contribution in [-0.2, 0) is 4.79 Å². The van der Waals surface area contributed by atoms with E-state index in [1.807, 2.05) is 26.0 Å². The van der Waals surface area contributed by atoms with Crippen LogP contribution in [0, 0.1) is 5.92 Å². The second-order valence-corrected chi connectivity index (χ2v) is 6.32. The Hall–Kier alpha value is -3.15. The van der Waals surface area contributed by atoms with Crippen molar-refractivity contribution < 1.29 is 9.59 Å². The van der Waals surface area contributed by atoms with Gasteiger partial charge in [-0.25, -0.2) is 0 Å². The van der Waals surface area contributed by atoms with Gasteiger partial charge in [0.1, 0.15) is 0 Å². The molecular weight excluding hydrogens is 316 g/mol. The molecule has 2 amide bonds. The maximum Gasteiger partial charge on any atom is 0.257 e. The zero-order valence-corrected chi connectivity index (χ0v) is 14.2. The number of H-pyrrole nitrogens is 1. The van der Waals surface area contributed by atoms with Gasteiger partial charge in [0, 0.05) is 23.2 Å². The minimum atomic E-state index is -0.216.